The van der Waals surface area contributed by atoms with E-state index in [4.69, 9.17) is 11.7 Å². The number of nitriles is 1. The molecule has 3 nitrogen and oxygen atoms in total. The molecular formula is C12H13N3. The molecular weight excluding hydrogens is 186 g/mol. The number of hydrogen-bond acceptors (Lipinski definition) is 3. The summed E-state index contributed by atoms with van der Waals surface area (Å²) < 4.78 is 0. The highest BCUT2D eigenvalue weighted by molar-refractivity contribution is 5.08. The molecule has 1 heterocycles. The van der Waals surface area contributed by atoms with Gasteiger partial charge >= 0.3 is 0 Å². The van der Waals surface area contributed by atoms with E-state index in [1.54, 1.807) is 6.20 Å². The van der Waals surface area contributed by atoms with Crippen LogP contribution in [-0.4, -0.2) is 23.0 Å². The van der Waals surface area contributed by atoms with E-state index >= 15 is 0 Å². The predicted molar refractivity (Wildman–Crippen MR) is 58.6 cm³/mol. The molecule has 0 aliphatic carbocycles. The molecule has 1 aromatic rings. The van der Waals surface area contributed by atoms with Crippen molar-refractivity contribution in [1.82, 2.24) is 9.88 Å². The molecule has 0 saturated carbocycles. The zero-order valence-electron chi connectivity index (χ0n) is 8.56. The molecule has 0 fully saturated rings. The first-order chi connectivity index (χ1) is 7.36. The highest BCUT2D eigenvalue weighted by Crippen LogP contribution is 2.02. The summed E-state index contributed by atoms with van der Waals surface area (Å²) in [5, 5.41) is 8.51. The standard InChI is InChI=1S/C12H13N3/c1-2-8-15(9-4-6-13)11-12-5-3-7-14-10-12/h1,3,5,7,10H,4,8-9,11H2. The van der Waals surface area contributed by atoms with E-state index in [0.29, 0.717) is 19.5 Å². The van der Waals surface area contributed by atoms with Crippen LogP contribution >= 0.6 is 0 Å². The monoisotopic (exact) mass is 199 g/mol. The Labute approximate surface area is 90.4 Å². The van der Waals surface area contributed by atoms with Crippen molar-refractivity contribution in [3.05, 3.63) is 30.1 Å². The van der Waals surface area contributed by atoms with E-state index < -0.39 is 0 Å². The number of nitrogens with zero attached hydrogens (tertiary/aromatic N) is 3. The average Bonchev–Trinajstić information content (AvgIpc) is 2.28. The fraction of sp³-hybridized carbons (Fsp3) is 0.333. The molecule has 0 aliphatic rings. The molecule has 0 unspecified atom stereocenters. The molecule has 0 aromatic carbocycles. The van der Waals surface area contributed by atoms with Crippen molar-refractivity contribution >= 4 is 0 Å². The third-order valence-electron chi connectivity index (χ3n) is 1.98. The largest absolute Gasteiger partial charge is 0.287 e. The highest BCUT2D eigenvalue weighted by atomic mass is 15.1. The Hall–Kier alpha value is -1.84. The Morgan fingerprint density at radius 3 is 3.00 bits per heavy atom. The van der Waals surface area contributed by atoms with Crippen LogP contribution in [0.4, 0.5) is 0 Å². The lowest BCUT2D eigenvalue weighted by atomic mass is 10.2. The van der Waals surface area contributed by atoms with Gasteiger partial charge in [0.05, 0.1) is 12.6 Å². The van der Waals surface area contributed by atoms with E-state index in [2.05, 4.69) is 21.9 Å². The first kappa shape index (κ1) is 11.2. The lowest BCUT2D eigenvalue weighted by Crippen LogP contribution is -2.24. The molecule has 0 saturated heterocycles. The third kappa shape index (κ3) is 4.26. The summed E-state index contributed by atoms with van der Waals surface area (Å²) in [7, 11) is 0. The topological polar surface area (TPSA) is 39.9 Å². The maximum absolute atomic E-state index is 8.51. The molecule has 0 bridgehead atoms. The third-order valence-corrected chi connectivity index (χ3v) is 1.98. The van der Waals surface area contributed by atoms with Gasteiger partial charge in [-0.1, -0.05) is 12.0 Å². The van der Waals surface area contributed by atoms with Crippen LogP contribution in [0.1, 0.15) is 12.0 Å². The summed E-state index contributed by atoms with van der Waals surface area (Å²) in [6, 6.07) is 6.02. The average molecular weight is 199 g/mol. The van der Waals surface area contributed by atoms with E-state index in [9.17, 15) is 0 Å². The Kier molecular flexibility index (Phi) is 4.94. The maximum atomic E-state index is 8.51. The lowest BCUT2D eigenvalue weighted by Gasteiger charge is -2.17. The van der Waals surface area contributed by atoms with Gasteiger partial charge in [0.25, 0.3) is 0 Å². The molecule has 15 heavy (non-hydrogen) atoms. The Bertz CT molecular complexity index is 359. The predicted octanol–water partition coefficient (Wildman–Crippen LogP) is 1.43. The Morgan fingerprint density at radius 2 is 2.40 bits per heavy atom. The fourth-order valence-electron chi connectivity index (χ4n) is 1.30. The van der Waals surface area contributed by atoms with Gasteiger partial charge in [-0.15, -0.1) is 6.42 Å². The van der Waals surface area contributed by atoms with E-state index in [-0.39, 0.29) is 0 Å². The molecule has 1 rings (SSSR count). The minimum absolute atomic E-state index is 0.502. The van der Waals surface area contributed by atoms with Crippen LogP contribution in [0.3, 0.4) is 0 Å². The Morgan fingerprint density at radius 1 is 1.53 bits per heavy atom. The van der Waals surface area contributed by atoms with Gasteiger partial charge in [-0.3, -0.25) is 9.88 Å². The van der Waals surface area contributed by atoms with Crippen LogP contribution in [0.15, 0.2) is 24.5 Å². The van der Waals surface area contributed by atoms with Gasteiger partial charge in [-0.05, 0) is 11.6 Å². The van der Waals surface area contributed by atoms with E-state index in [1.165, 1.54) is 0 Å². The lowest BCUT2D eigenvalue weighted by molar-refractivity contribution is 0.306. The van der Waals surface area contributed by atoms with E-state index in [0.717, 1.165) is 12.1 Å². The maximum Gasteiger partial charge on any atom is 0.0635 e. The van der Waals surface area contributed by atoms with Crippen LogP contribution in [0.25, 0.3) is 0 Å². The van der Waals surface area contributed by atoms with Crippen molar-refractivity contribution in [2.75, 3.05) is 13.1 Å². The van der Waals surface area contributed by atoms with Crippen molar-refractivity contribution in [2.24, 2.45) is 0 Å². The number of pyridine rings is 1. The van der Waals surface area contributed by atoms with E-state index in [1.807, 2.05) is 18.3 Å². The molecule has 0 atom stereocenters. The quantitative estimate of drug-likeness (QED) is 0.673. The van der Waals surface area contributed by atoms with Crippen LogP contribution in [0, 0.1) is 23.7 Å². The van der Waals surface area contributed by atoms with Crippen LogP contribution in [-0.2, 0) is 6.54 Å². The molecule has 0 aliphatic heterocycles. The molecule has 1 aromatic heterocycles. The van der Waals surface area contributed by atoms with Gasteiger partial charge in [0.2, 0.25) is 0 Å². The first-order valence-corrected chi connectivity index (χ1v) is 4.78. The smallest absolute Gasteiger partial charge is 0.0635 e. The van der Waals surface area contributed by atoms with Crippen LogP contribution < -0.4 is 0 Å². The molecule has 0 radical (unpaired) electrons. The zero-order chi connectivity index (χ0) is 10.9. The highest BCUT2D eigenvalue weighted by Gasteiger charge is 2.03. The van der Waals surface area contributed by atoms with Crippen molar-refractivity contribution in [3.63, 3.8) is 0 Å². The van der Waals surface area contributed by atoms with Gasteiger partial charge in [-0.2, -0.15) is 5.26 Å². The summed E-state index contributed by atoms with van der Waals surface area (Å²) in [6.07, 6.45) is 9.32. The molecule has 3 heteroatoms. The summed E-state index contributed by atoms with van der Waals surface area (Å²) in [6.45, 7) is 2.02. The second-order valence-electron chi connectivity index (χ2n) is 3.18. The zero-order valence-corrected chi connectivity index (χ0v) is 8.56. The Balaban J connectivity index is 2.52. The summed E-state index contributed by atoms with van der Waals surface area (Å²) in [5.74, 6) is 2.59. The second-order valence-corrected chi connectivity index (χ2v) is 3.18. The summed E-state index contributed by atoms with van der Waals surface area (Å²) in [5.41, 5.74) is 1.12. The SMILES string of the molecule is C#CCN(CCC#N)Cc1cccnc1. The number of rotatable bonds is 5. The molecule has 76 valence electrons. The van der Waals surface area contributed by atoms with Crippen molar-refractivity contribution in [2.45, 2.75) is 13.0 Å². The van der Waals surface area contributed by atoms with Crippen molar-refractivity contribution in [1.29, 1.82) is 5.26 Å². The fourth-order valence-corrected chi connectivity index (χ4v) is 1.30. The van der Waals surface area contributed by atoms with Gasteiger partial charge in [0.15, 0.2) is 0 Å². The number of terminal acetylenes is 1. The second kappa shape index (κ2) is 6.59. The molecule has 0 amide bonds. The minimum atomic E-state index is 0.502. The summed E-state index contributed by atoms with van der Waals surface area (Å²) in [4.78, 5) is 6.09. The first-order valence-electron chi connectivity index (χ1n) is 4.78. The van der Waals surface area contributed by atoms with Crippen molar-refractivity contribution in [3.8, 4) is 18.4 Å². The van der Waals surface area contributed by atoms with Gasteiger partial charge < -0.3 is 0 Å². The molecule has 0 N–H and O–H groups in total. The van der Waals surface area contributed by atoms with Crippen LogP contribution in [0.5, 0.6) is 0 Å². The summed E-state index contributed by atoms with van der Waals surface area (Å²) >= 11 is 0. The van der Waals surface area contributed by atoms with Gasteiger partial charge in [0.1, 0.15) is 0 Å². The normalized spacial score (nSPS) is 9.53. The van der Waals surface area contributed by atoms with Gasteiger partial charge in [0, 0.05) is 31.9 Å². The number of hydrogen-bond donors (Lipinski definition) is 0. The number of aromatic nitrogens is 1. The van der Waals surface area contributed by atoms with Crippen molar-refractivity contribution < 1.29 is 0 Å². The van der Waals surface area contributed by atoms with Gasteiger partial charge in [-0.25, -0.2) is 0 Å². The molecule has 0 spiro atoms. The minimum Gasteiger partial charge on any atom is -0.287 e. The van der Waals surface area contributed by atoms with Crippen LogP contribution in [0.2, 0.25) is 0 Å².